The number of ether oxygens (including phenoxy) is 1. The first kappa shape index (κ1) is 17.5. The highest BCUT2D eigenvalue weighted by molar-refractivity contribution is 7.99. The minimum Gasteiger partial charge on any atom is -0.497 e. The summed E-state index contributed by atoms with van der Waals surface area (Å²) in [6.07, 6.45) is 4.26. The molecule has 1 aliphatic rings. The summed E-state index contributed by atoms with van der Waals surface area (Å²) in [5.41, 5.74) is 0.945. The van der Waals surface area contributed by atoms with Crippen LogP contribution in [0.4, 0.5) is 0 Å². The van der Waals surface area contributed by atoms with Crippen LogP contribution in [0.2, 0.25) is 0 Å². The number of hydrogen-bond donors (Lipinski definition) is 1. The summed E-state index contributed by atoms with van der Waals surface area (Å²) in [7, 11) is 1.64. The van der Waals surface area contributed by atoms with Crippen LogP contribution < -0.4 is 10.1 Å². The first-order valence-electron chi connectivity index (χ1n) is 8.29. The van der Waals surface area contributed by atoms with Gasteiger partial charge in [0.25, 0.3) is 0 Å². The van der Waals surface area contributed by atoms with Crippen LogP contribution in [-0.2, 0) is 11.3 Å². The second-order valence-corrected chi connectivity index (χ2v) is 6.91. The van der Waals surface area contributed by atoms with Crippen LogP contribution in [0.3, 0.4) is 0 Å². The number of methoxy groups -OCH3 is 1. The van der Waals surface area contributed by atoms with Crippen molar-refractivity contribution in [1.82, 2.24) is 20.1 Å². The lowest BCUT2D eigenvalue weighted by molar-refractivity contribution is -0.118. The molecule has 1 N–H and O–H groups in total. The molecule has 0 unspecified atom stereocenters. The van der Waals surface area contributed by atoms with Crippen LogP contribution in [0, 0.1) is 5.92 Å². The second kappa shape index (κ2) is 8.20. The maximum atomic E-state index is 11.9. The van der Waals surface area contributed by atoms with E-state index in [0.717, 1.165) is 23.7 Å². The number of nitrogens with zero attached hydrogens (tertiary/aromatic N) is 3. The van der Waals surface area contributed by atoms with Crippen molar-refractivity contribution in [3.8, 4) is 17.1 Å². The van der Waals surface area contributed by atoms with Gasteiger partial charge in [-0.05, 0) is 43.0 Å². The highest BCUT2D eigenvalue weighted by Crippen LogP contribution is 2.28. The van der Waals surface area contributed by atoms with Crippen molar-refractivity contribution in [3.05, 3.63) is 36.9 Å². The molecule has 1 amide bonds. The molecule has 1 fully saturated rings. The number of nitrogens with one attached hydrogen (secondary N) is 1. The zero-order valence-electron chi connectivity index (χ0n) is 14.3. The smallest absolute Gasteiger partial charge is 0.230 e. The van der Waals surface area contributed by atoms with E-state index in [1.807, 2.05) is 28.8 Å². The molecule has 0 aliphatic heterocycles. The van der Waals surface area contributed by atoms with Crippen LogP contribution in [0.1, 0.15) is 12.8 Å². The van der Waals surface area contributed by atoms with Crippen molar-refractivity contribution in [2.24, 2.45) is 5.92 Å². The summed E-state index contributed by atoms with van der Waals surface area (Å²) >= 11 is 1.40. The Bertz CT molecular complexity index is 738. The fraction of sp³-hybridized carbons (Fsp3) is 0.389. The molecule has 0 spiro atoms. The number of allylic oxidation sites excluding steroid dienone is 1. The molecule has 0 atom stereocenters. The van der Waals surface area contributed by atoms with Gasteiger partial charge in [-0.25, -0.2) is 0 Å². The summed E-state index contributed by atoms with van der Waals surface area (Å²) < 4.78 is 7.16. The minimum atomic E-state index is 0.0380. The number of carbonyl (C=O) groups excluding carboxylic acids is 1. The van der Waals surface area contributed by atoms with Gasteiger partial charge in [0.05, 0.1) is 12.9 Å². The monoisotopic (exact) mass is 358 g/mol. The summed E-state index contributed by atoms with van der Waals surface area (Å²) in [6.45, 7) is 5.18. The molecule has 1 aromatic heterocycles. The van der Waals surface area contributed by atoms with E-state index in [0.29, 0.717) is 23.4 Å². The zero-order chi connectivity index (χ0) is 17.6. The largest absolute Gasteiger partial charge is 0.497 e. The third kappa shape index (κ3) is 4.63. The summed E-state index contributed by atoms with van der Waals surface area (Å²) in [4.78, 5) is 11.9. The van der Waals surface area contributed by atoms with Crippen LogP contribution in [0.5, 0.6) is 5.75 Å². The Labute approximate surface area is 151 Å². The second-order valence-electron chi connectivity index (χ2n) is 5.97. The summed E-state index contributed by atoms with van der Waals surface area (Å²) in [6, 6.07) is 7.67. The third-order valence-electron chi connectivity index (χ3n) is 3.99. The topological polar surface area (TPSA) is 69.0 Å². The van der Waals surface area contributed by atoms with Crippen LogP contribution in [0.25, 0.3) is 11.4 Å². The molecule has 3 rings (SSSR count). The van der Waals surface area contributed by atoms with Gasteiger partial charge in [-0.15, -0.1) is 16.8 Å². The Hall–Kier alpha value is -2.28. The summed E-state index contributed by atoms with van der Waals surface area (Å²) in [5, 5.41) is 12.2. The van der Waals surface area contributed by atoms with Crippen molar-refractivity contribution in [1.29, 1.82) is 0 Å². The predicted molar refractivity (Wildman–Crippen MR) is 98.7 cm³/mol. The van der Waals surface area contributed by atoms with Crippen molar-refractivity contribution in [2.45, 2.75) is 24.5 Å². The van der Waals surface area contributed by atoms with Crippen LogP contribution in [-0.4, -0.2) is 40.1 Å². The van der Waals surface area contributed by atoms with E-state index in [2.05, 4.69) is 22.1 Å². The van der Waals surface area contributed by atoms with E-state index >= 15 is 0 Å². The SMILES string of the molecule is C=CCn1c(SCC(=O)NCC2CC2)nnc1-c1ccc(OC)cc1. The number of benzene rings is 1. The molecular weight excluding hydrogens is 336 g/mol. The fourth-order valence-electron chi connectivity index (χ4n) is 2.40. The summed E-state index contributed by atoms with van der Waals surface area (Å²) in [5.74, 6) is 2.60. The van der Waals surface area contributed by atoms with E-state index in [1.165, 1.54) is 24.6 Å². The molecule has 1 heterocycles. The number of carbonyl (C=O) groups is 1. The number of rotatable bonds is 9. The Morgan fingerprint density at radius 3 is 2.80 bits per heavy atom. The van der Waals surface area contributed by atoms with Gasteiger partial charge < -0.3 is 10.1 Å². The zero-order valence-corrected chi connectivity index (χ0v) is 15.1. The van der Waals surface area contributed by atoms with Gasteiger partial charge in [0.2, 0.25) is 5.91 Å². The number of aromatic nitrogens is 3. The highest BCUT2D eigenvalue weighted by atomic mass is 32.2. The molecule has 1 saturated carbocycles. The molecule has 6 nitrogen and oxygen atoms in total. The molecular formula is C18H22N4O2S. The Morgan fingerprint density at radius 2 is 2.16 bits per heavy atom. The third-order valence-corrected chi connectivity index (χ3v) is 4.96. The number of hydrogen-bond acceptors (Lipinski definition) is 5. The molecule has 1 aromatic carbocycles. The first-order chi connectivity index (χ1) is 12.2. The van der Waals surface area contributed by atoms with E-state index in [1.54, 1.807) is 13.2 Å². The normalized spacial score (nSPS) is 13.5. The maximum absolute atomic E-state index is 11.9. The first-order valence-corrected chi connectivity index (χ1v) is 9.28. The Kier molecular flexibility index (Phi) is 5.75. The van der Waals surface area contributed by atoms with E-state index in [4.69, 9.17) is 4.74 Å². The Morgan fingerprint density at radius 1 is 1.40 bits per heavy atom. The minimum absolute atomic E-state index is 0.0380. The van der Waals surface area contributed by atoms with Gasteiger partial charge in [0, 0.05) is 18.7 Å². The quantitative estimate of drug-likeness (QED) is 0.551. The van der Waals surface area contributed by atoms with Gasteiger partial charge >= 0.3 is 0 Å². The van der Waals surface area contributed by atoms with Gasteiger partial charge in [-0.1, -0.05) is 17.8 Å². The molecule has 0 radical (unpaired) electrons. The van der Waals surface area contributed by atoms with E-state index in [9.17, 15) is 4.79 Å². The average Bonchev–Trinajstić information content (AvgIpc) is 3.39. The van der Waals surface area contributed by atoms with Gasteiger partial charge in [0.1, 0.15) is 5.75 Å². The molecule has 132 valence electrons. The lowest BCUT2D eigenvalue weighted by atomic mass is 10.2. The molecule has 0 saturated heterocycles. The molecule has 7 heteroatoms. The maximum Gasteiger partial charge on any atom is 0.230 e. The molecule has 25 heavy (non-hydrogen) atoms. The predicted octanol–water partition coefficient (Wildman–Crippen LogP) is 2.76. The molecule has 2 aromatic rings. The number of thioether (sulfide) groups is 1. The highest BCUT2D eigenvalue weighted by Gasteiger charge is 2.22. The van der Waals surface area contributed by atoms with Crippen LogP contribution >= 0.6 is 11.8 Å². The Balaban J connectivity index is 1.69. The van der Waals surface area contributed by atoms with Crippen molar-refractivity contribution >= 4 is 17.7 Å². The van der Waals surface area contributed by atoms with E-state index in [-0.39, 0.29) is 5.91 Å². The standard InChI is InChI=1S/C18H22N4O2S/c1-3-10-22-17(14-6-8-15(24-2)9-7-14)20-21-18(22)25-12-16(23)19-11-13-4-5-13/h3,6-9,13H,1,4-5,10-12H2,2H3,(H,19,23). The molecule has 1 aliphatic carbocycles. The fourth-order valence-corrected chi connectivity index (χ4v) is 3.18. The van der Waals surface area contributed by atoms with E-state index < -0.39 is 0 Å². The molecule has 0 bridgehead atoms. The van der Waals surface area contributed by atoms with Crippen molar-refractivity contribution in [2.75, 3.05) is 19.4 Å². The lowest BCUT2D eigenvalue weighted by Crippen LogP contribution is -2.27. The van der Waals surface area contributed by atoms with Gasteiger partial charge in [-0.2, -0.15) is 0 Å². The van der Waals surface area contributed by atoms with Crippen molar-refractivity contribution < 1.29 is 9.53 Å². The van der Waals surface area contributed by atoms with Gasteiger partial charge in [0.15, 0.2) is 11.0 Å². The van der Waals surface area contributed by atoms with Crippen molar-refractivity contribution in [3.63, 3.8) is 0 Å². The lowest BCUT2D eigenvalue weighted by Gasteiger charge is -2.08. The van der Waals surface area contributed by atoms with Gasteiger partial charge in [-0.3, -0.25) is 9.36 Å². The average molecular weight is 358 g/mol. The number of amides is 1. The van der Waals surface area contributed by atoms with Crippen LogP contribution in [0.15, 0.2) is 42.1 Å².